The number of likely N-dealkylation sites (tertiary alicyclic amines) is 1. The summed E-state index contributed by atoms with van der Waals surface area (Å²) in [5.74, 6) is -0.405. The molecule has 1 aromatic rings. The molecule has 116 valence electrons. The van der Waals surface area contributed by atoms with E-state index < -0.39 is 11.8 Å². The first-order valence-electron chi connectivity index (χ1n) is 7.34. The Balaban J connectivity index is 2.09. The third-order valence-corrected chi connectivity index (χ3v) is 4.24. The molecule has 1 atom stereocenters. The number of esters is 1. The zero-order chi connectivity index (χ0) is 15.4. The number of ether oxygens (including phenoxy) is 1. The molecule has 0 bridgehead atoms. The van der Waals surface area contributed by atoms with Gasteiger partial charge in [-0.05, 0) is 64.0 Å². The molecule has 0 aliphatic carbocycles. The average Bonchev–Trinajstić information content (AvgIpc) is 2.48. The number of methoxy groups -OCH3 is 1. The van der Waals surface area contributed by atoms with Gasteiger partial charge in [-0.15, -0.1) is 0 Å². The van der Waals surface area contributed by atoms with Crippen LogP contribution in [-0.2, 0) is 4.74 Å². The summed E-state index contributed by atoms with van der Waals surface area (Å²) < 4.78 is 18.1. The van der Waals surface area contributed by atoms with E-state index in [1.54, 1.807) is 6.07 Å². The van der Waals surface area contributed by atoms with Crippen molar-refractivity contribution in [3.05, 3.63) is 29.6 Å². The Morgan fingerprint density at radius 2 is 2.10 bits per heavy atom. The van der Waals surface area contributed by atoms with Crippen LogP contribution in [-0.4, -0.2) is 44.2 Å². The van der Waals surface area contributed by atoms with Crippen molar-refractivity contribution in [3.8, 4) is 0 Å². The lowest BCUT2D eigenvalue weighted by molar-refractivity contribution is 0.0601. The molecule has 1 unspecified atom stereocenters. The number of benzene rings is 1. The highest BCUT2D eigenvalue weighted by Crippen LogP contribution is 2.25. The van der Waals surface area contributed by atoms with Gasteiger partial charge in [-0.2, -0.15) is 0 Å². The van der Waals surface area contributed by atoms with Gasteiger partial charge < -0.3 is 15.0 Å². The van der Waals surface area contributed by atoms with E-state index in [1.165, 1.54) is 19.2 Å². The van der Waals surface area contributed by atoms with E-state index >= 15 is 0 Å². The summed E-state index contributed by atoms with van der Waals surface area (Å²) in [6.45, 7) is 4.29. The van der Waals surface area contributed by atoms with Crippen LogP contribution in [0.15, 0.2) is 18.2 Å². The topological polar surface area (TPSA) is 41.6 Å². The van der Waals surface area contributed by atoms with Gasteiger partial charge >= 0.3 is 5.97 Å². The van der Waals surface area contributed by atoms with Crippen molar-refractivity contribution in [1.29, 1.82) is 0 Å². The highest BCUT2D eigenvalue weighted by atomic mass is 19.1. The summed E-state index contributed by atoms with van der Waals surface area (Å²) in [7, 11) is 3.43. The number of hydrogen-bond donors (Lipinski definition) is 1. The van der Waals surface area contributed by atoms with Gasteiger partial charge in [0.1, 0.15) is 5.82 Å². The number of piperidine rings is 1. The largest absolute Gasteiger partial charge is 0.465 e. The molecule has 1 saturated heterocycles. The molecule has 1 aliphatic rings. The Hall–Kier alpha value is -1.62. The maximum atomic E-state index is 13.3. The van der Waals surface area contributed by atoms with Crippen LogP contribution in [0.25, 0.3) is 0 Å². The van der Waals surface area contributed by atoms with Crippen LogP contribution in [0.4, 0.5) is 10.1 Å². The fraction of sp³-hybridized carbons (Fsp3) is 0.562. The monoisotopic (exact) mass is 294 g/mol. The summed E-state index contributed by atoms with van der Waals surface area (Å²) in [6.07, 6.45) is 2.25. The highest BCUT2D eigenvalue weighted by Gasteiger charge is 2.23. The SMILES string of the molecule is COC(=O)c1cc(F)ccc1NC(C)C1CCN(C)CC1. The molecule has 0 radical (unpaired) electrons. The van der Waals surface area contributed by atoms with Gasteiger partial charge in [0.2, 0.25) is 0 Å². The molecule has 0 aromatic heterocycles. The molecular weight excluding hydrogens is 271 g/mol. The van der Waals surface area contributed by atoms with Crippen LogP contribution < -0.4 is 5.32 Å². The standard InChI is InChI=1S/C16H23FN2O2/c1-11(12-6-8-19(2)9-7-12)18-15-5-4-13(17)10-14(15)16(20)21-3/h4-5,10-12,18H,6-9H2,1-3H3. The summed E-state index contributed by atoms with van der Waals surface area (Å²) in [5, 5.41) is 3.35. The van der Waals surface area contributed by atoms with Crippen LogP contribution >= 0.6 is 0 Å². The second kappa shape index (κ2) is 6.89. The van der Waals surface area contributed by atoms with Crippen LogP contribution in [0.5, 0.6) is 0 Å². The summed E-state index contributed by atoms with van der Waals surface area (Å²) in [4.78, 5) is 14.1. The Morgan fingerprint density at radius 3 is 2.71 bits per heavy atom. The van der Waals surface area contributed by atoms with E-state index in [-0.39, 0.29) is 11.6 Å². The highest BCUT2D eigenvalue weighted by molar-refractivity contribution is 5.95. The van der Waals surface area contributed by atoms with Gasteiger partial charge in [0.25, 0.3) is 0 Å². The molecule has 1 aliphatic heterocycles. The molecule has 4 nitrogen and oxygen atoms in total. The van der Waals surface area contributed by atoms with Crippen molar-refractivity contribution >= 4 is 11.7 Å². The first kappa shape index (κ1) is 15.8. The molecule has 2 rings (SSSR count). The zero-order valence-electron chi connectivity index (χ0n) is 12.9. The van der Waals surface area contributed by atoms with E-state index in [0.29, 0.717) is 11.6 Å². The normalized spacial score (nSPS) is 18.3. The molecule has 1 heterocycles. The van der Waals surface area contributed by atoms with Crippen LogP contribution in [0.2, 0.25) is 0 Å². The predicted octanol–water partition coefficient (Wildman–Crippen LogP) is 2.75. The van der Waals surface area contributed by atoms with Gasteiger partial charge in [0, 0.05) is 11.7 Å². The number of carbonyl (C=O) groups is 1. The number of nitrogens with one attached hydrogen (secondary N) is 1. The third-order valence-electron chi connectivity index (χ3n) is 4.24. The number of halogens is 1. The minimum Gasteiger partial charge on any atom is -0.465 e. The first-order chi connectivity index (χ1) is 10.0. The summed E-state index contributed by atoms with van der Waals surface area (Å²) in [6, 6.07) is 4.41. The van der Waals surface area contributed by atoms with Crippen LogP contribution in [0, 0.1) is 11.7 Å². The molecule has 0 saturated carbocycles. The zero-order valence-corrected chi connectivity index (χ0v) is 12.9. The maximum absolute atomic E-state index is 13.3. The molecule has 1 fully saturated rings. The molecule has 0 spiro atoms. The van der Waals surface area contributed by atoms with Crippen molar-refractivity contribution in [3.63, 3.8) is 0 Å². The van der Waals surface area contributed by atoms with Gasteiger partial charge in [-0.3, -0.25) is 0 Å². The minimum atomic E-state index is -0.521. The van der Waals surface area contributed by atoms with E-state index in [0.717, 1.165) is 25.9 Å². The van der Waals surface area contributed by atoms with Gasteiger partial charge in [-0.1, -0.05) is 0 Å². The number of anilines is 1. The van der Waals surface area contributed by atoms with Gasteiger partial charge in [-0.25, -0.2) is 9.18 Å². The first-order valence-corrected chi connectivity index (χ1v) is 7.34. The molecule has 21 heavy (non-hydrogen) atoms. The van der Waals surface area contributed by atoms with E-state index in [9.17, 15) is 9.18 Å². The predicted molar refractivity (Wildman–Crippen MR) is 81.0 cm³/mol. The van der Waals surface area contributed by atoms with Gasteiger partial charge in [0.15, 0.2) is 0 Å². The second-order valence-electron chi connectivity index (χ2n) is 5.76. The maximum Gasteiger partial charge on any atom is 0.340 e. The smallest absolute Gasteiger partial charge is 0.340 e. The molecule has 5 heteroatoms. The number of hydrogen-bond acceptors (Lipinski definition) is 4. The second-order valence-corrected chi connectivity index (χ2v) is 5.76. The van der Waals surface area contributed by atoms with E-state index in [1.807, 2.05) is 0 Å². The third kappa shape index (κ3) is 3.94. The van der Waals surface area contributed by atoms with Crippen molar-refractivity contribution in [2.75, 3.05) is 32.6 Å². The Bertz CT molecular complexity index is 499. The average molecular weight is 294 g/mol. The summed E-state index contributed by atoms with van der Waals surface area (Å²) >= 11 is 0. The Labute approximate surface area is 125 Å². The fourth-order valence-corrected chi connectivity index (χ4v) is 2.81. The van der Waals surface area contributed by atoms with Crippen molar-refractivity contribution in [2.45, 2.75) is 25.8 Å². The Morgan fingerprint density at radius 1 is 1.43 bits per heavy atom. The van der Waals surface area contributed by atoms with Crippen LogP contribution in [0.1, 0.15) is 30.1 Å². The van der Waals surface area contributed by atoms with E-state index in [2.05, 4.69) is 24.2 Å². The molecule has 1 N–H and O–H groups in total. The van der Waals surface area contributed by atoms with E-state index in [4.69, 9.17) is 4.74 Å². The molecule has 0 amide bonds. The number of carbonyl (C=O) groups excluding carboxylic acids is 1. The lowest BCUT2D eigenvalue weighted by atomic mass is 9.90. The van der Waals surface area contributed by atoms with Crippen LogP contribution in [0.3, 0.4) is 0 Å². The van der Waals surface area contributed by atoms with Crippen molar-refractivity contribution < 1.29 is 13.9 Å². The van der Waals surface area contributed by atoms with Crippen molar-refractivity contribution in [1.82, 2.24) is 4.90 Å². The number of rotatable bonds is 4. The lowest BCUT2D eigenvalue weighted by Crippen LogP contribution is -2.37. The Kier molecular flexibility index (Phi) is 5.17. The fourth-order valence-electron chi connectivity index (χ4n) is 2.81. The minimum absolute atomic E-state index is 0.229. The lowest BCUT2D eigenvalue weighted by Gasteiger charge is -2.33. The van der Waals surface area contributed by atoms with Gasteiger partial charge in [0.05, 0.1) is 12.7 Å². The van der Waals surface area contributed by atoms with Crippen molar-refractivity contribution in [2.24, 2.45) is 5.92 Å². The number of nitrogens with zero attached hydrogens (tertiary/aromatic N) is 1. The summed E-state index contributed by atoms with van der Waals surface area (Å²) in [5.41, 5.74) is 0.881. The molecular formula is C16H23FN2O2. The molecule has 1 aromatic carbocycles. The quantitative estimate of drug-likeness (QED) is 0.867.